The maximum Gasteiger partial charge on any atom is 0.338 e. The number of hydrogen-bond donors (Lipinski definition) is 0. The van der Waals surface area contributed by atoms with E-state index in [-0.39, 0.29) is 22.0 Å². The third kappa shape index (κ3) is 6.42. The van der Waals surface area contributed by atoms with Gasteiger partial charge in [0.2, 0.25) is 0 Å². The van der Waals surface area contributed by atoms with Crippen LogP contribution in [0.5, 0.6) is 0 Å². The van der Waals surface area contributed by atoms with E-state index in [9.17, 15) is 13.2 Å². The van der Waals surface area contributed by atoms with Crippen molar-refractivity contribution in [3.63, 3.8) is 0 Å². The molecule has 0 amide bonds. The first-order chi connectivity index (χ1) is 14.1. The van der Waals surface area contributed by atoms with Crippen LogP contribution in [-0.2, 0) is 23.9 Å². The maximum atomic E-state index is 13.1. The van der Waals surface area contributed by atoms with Gasteiger partial charge in [0.05, 0.1) is 11.3 Å². The molecule has 6 nitrogen and oxygen atoms in total. The van der Waals surface area contributed by atoms with Gasteiger partial charge in [-0.2, -0.15) is 8.42 Å². The van der Waals surface area contributed by atoms with Crippen LogP contribution in [0, 0.1) is 12.3 Å². The molecule has 0 bridgehead atoms. The van der Waals surface area contributed by atoms with E-state index in [0.29, 0.717) is 31.6 Å². The zero-order valence-corrected chi connectivity index (χ0v) is 19.5. The van der Waals surface area contributed by atoms with Gasteiger partial charge in [0.25, 0.3) is 0 Å². The number of Topliss-reactive ketones (excluding diaryl/α,β-unsaturated/α-hetero) is 1. The number of carbonyl (C=O) groups is 1. The fraction of sp³-hybridized carbons (Fsp3) is 0.565. The summed E-state index contributed by atoms with van der Waals surface area (Å²) in [6.07, 6.45) is 4.01. The molecule has 0 aliphatic heterocycles. The quantitative estimate of drug-likeness (QED) is 0.215. The largest absolute Gasteiger partial charge is 0.396 e. The zero-order chi connectivity index (χ0) is 22.4. The second-order valence-corrected chi connectivity index (χ2v) is 10.0. The van der Waals surface area contributed by atoms with Crippen LogP contribution < -0.4 is 0 Å². The van der Waals surface area contributed by atoms with E-state index >= 15 is 0 Å². The molecule has 1 aromatic carbocycles. The number of allylic oxidation sites excluding steroid dienone is 2. The van der Waals surface area contributed by atoms with Crippen molar-refractivity contribution in [3.05, 3.63) is 41.2 Å². The van der Waals surface area contributed by atoms with Crippen LogP contribution in [0.25, 0.3) is 0 Å². The summed E-state index contributed by atoms with van der Waals surface area (Å²) in [5.41, 5.74) is 1.28. The highest BCUT2D eigenvalue weighted by atomic mass is 32.2. The average Bonchev–Trinajstić information content (AvgIpc) is 2.64. The molecule has 166 valence electrons. The monoisotopic (exact) mass is 435 g/mol. The molecule has 0 fully saturated rings. The average molecular weight is 436 g/mol. The number of unbranched alkanes of at least 4 members (excludes halogenated alkanes) is 2. The first-order valence-electron chi connectivity index (χ1n) is 10.6. The molecule has 0 saturated carbocycles. The molecule has 0 radical (unpaired) electrons. The highest BCUT2D eigenvalue weighted by Crippen LogP contribution is 2.39. The molecule has 1 aliphatic rings. The molecule has 1 aromatic rings. The molecule has 0 heterocycles. The van der Waals surface area contributed by atoms with Gasteiger partial charge >= 0.3 is 10.1 Å². The topological polar surface area (TPSA) is 82.0 Å². The number of nitrogens with zero attached hydrogens (tertiary/aromatic N) is 1. The Morgan fingerprint density at radius 2 is 1.77 bits per heavy atom. The van der Waals surface area contributed by atoms with Gasteiger partial charge in [0.1, 0.15) is 17.3 Å². The molecule has 0 N–H and O–H groups in total. The van der Waals surface area contributed by atoms with Crippen LogP contribution in [0.2, 0.25) is 0 Å². The smallest absolute Gasteiger partial charge is 0.338 e. The molecule has 2 rings (SSSR count). The first-order valence-corrected chi connectivity index (χ1v) is 12.0. The van der Waals surface area contributed by atoms with Crippen LogP contribution >= 0.6 is 0 Å². The van der Waals surface area contributed by atoms with Gasteiger partial charge in [0, 0.05) is 12.8 Å². The molecule has 30 heavy (non-hydrogen) atoms. The standard InChI is InChI=1S/C23H33NO5S/c1-6-8-9-10-19(24-28-7-2)22-20(25)15-23(4,5)16-21(22)29-30(26,27)18-13-11-17(3)12-14-18/h11-14H,6-10,15-16H2,1-5H3/b24-19-. The van der Waals surface area contributed by atoms with Gasteiger partial charge in [-0.25, -0.2) is 0 Å². The summed E-state index contributed by atoms with van der Waals surface area (Å²) in [5.74, 6) is 0.00193. The molecule has 0 saturated heterocycles. The molecule has 0 unspecified atom stereocenters. The molecule has 7 heteroatoms. The number of benzene rings is 1. The van der Waals surface area contributed by atoms with Gasteiger partial charge in [-0.1, -0.05) is 56.5 Å². The molecule has 0 atom stereocenters. The number of aryl methyl sites for hydroxylation is 1. The summed E-state index contributed by atoms with van der Waals surface area (Å²) in [5, 5.41) is 4.16. The Balaban J connectivity index is 2.50. The lowest BCUT2D eigenvalue weighted by Crippen LogP contribution is -2.31. The Hall–Kier alpha value is -2.15. The van der Waals surface area contributed by atoms with Crippen molar-refractivity contribution >= 4 is 21.6 Å². The Kier molecular flexibility index (Phi) is 8.24. The highest BCUT2D eigenvalue weighted by Gasteiger charge is 2.38. The summed E-state index contributed by atoms with van der Waals surface area (Å²) in [6.45, 7) is 10.0. The van der Waals surface area contributed by atoms with Gasteiger partial charge in [-0.15, -0.1) is 0 Å². The number of carbonyl (C=O) groups excluding carboxylic acids is 1. The molecule has 0 aromatic heterocycles. The Morgan fingerprint density at radius 3 is 2.37 bits per heavy atom. The Morgan fingerprint density at radius 1 is 1.10 bits per heavy atom. The minimum Gasteiger partial charge on any atom is -0.396 e. The first kappa shape index (κ1) is 24.1. The second kappa shape index (κ2) is 10.2. The molecular weight excluding hydrogens is 402 g/mol. The second-order valence-electron chi connectivity index (χ2n) is 8.50. The minimum atomic E-state index is -4.07. The third-order valence-corrected chi connectivity index (χ3v) is 6.24. The van der Waals surface area contributed by atoms with Crippen molar-refractivity contribution < 1.29 is 22.2 Å². The summed E-state index contributed by atoms with van der Waals surface area (Å²) < 4.78 is 31.5. The van der Waals surface area contributed by atoms with Crippen LogP contribution in [0.3, 0.4) is 0 Å². The Labute approximate surface area is 180 Å². The van der Waals surface area contributed by atoms with Gasteiger partial charge < -0.3 is 9.02 Å². The van der Waals surface area contributed by atoms with E-state index < -0.39 is 15.5 Å². The van der Waals surface area contributed by atoms with Crippen LogP contribution in [0.15, 0.2) is 45.6 Å². The SMILES string of the molecule is CCCCC/C(=N/OCC)C1=C(OS(=O)(=O)c2ccc(C)cc2)CC(C)(C)CC1=O. The van der Waals surface area contributed by atoms with E-state index in [1.165, 1.54) is 12.1 Å². The van der Waals surface area contributed by atoms with E-state index in [1.54, 1.807) is 12.1 Å². The maximum absolute atomic E-state index is 13.1. The van der Waals surface area contributed by atoms with Crippen LogP contribution in [0.4, 0.5) is 0 Å². The van der Waals surface area contributed by atoms with Crippen molar-refractivity contribution in [1.29, 1.82) is 0 Å². The fourth-order valence-corrected chi connectivity index (χ4v) is 4.42. The molecule has 0 spiro atoms. The van der Waals surface area contributed by atoms with Crippen molar-refractivity contribution in [2.75, 3.05) is 6.61 Å². The predicted octanol–water partition coefficient (Wildman–Crippen LogP) is 5.32. The van der Waals surface area contributed by atoms with E-state index in [2.05, 4.69) is 12.1 Å². The lowest BCUT2D eigenvalue weighted by molar-refractivity contribution is -0.117. The third-order valence-electron chi connectivity index (χ3n) is 4.97. The van der Waals surface area contributed by atoms with Crippen molar-refractivity contribution in [1.82, 2.24) is 0 Å². The normalized spacial score (nSPS) is 17.2. The zero-order valence-electron chi connectivity index (χ0n) is 18.7. The highest BCUT2D eigenvalue weighted by molar-refractivity contribution is 7.86. The lowest BCUT2D eigenvalue weighted by Gasteiger charge is -2.31. The fourth-order valence-electron chi connectivity index (χ4n) is 3.44. The molecular formula is C23H33NO5S. The number of ketones is 1. The predicted molar refractivity (Wildman–Crippen MR) is 118 cm³/mol. The van der Waals surface area contributed by atoms with E-state index in [0.717, 1.165) is 24.8 Å². The van der Waals surface area contributed by atoms with Gasteiger partial charge in [0.15, 0.2) is 5.78 Å². The van der Waals surface area contributed by atoms with Gasteiger partial charge in [-0.3, -0.25) is 4.79 Å². The summed E-state index contributed by atoms with van der Waals surface area (Å²) in [4.78, 5) is 18.4. The lowest BCUT2D eigenvalue weighted by atomic mass is 9.75. The van der Waals surface area contributed by atoms with Gasteiger partial charge in [-0.05, 0) is 44.2 Å². The number of oxime groups is 1. The van der Waals surface area contributed by atoms with E-state index in [4.69, 9.17) is 9.02 Å². The van der Waals surface area contributed by atoms with E-state index in [1.807, 2.05) is 27.7 Å². The van der Waals surface area contributed by atoms with Crippen molar-refractivity contribution in [2.45, 2.75) is 78.0 Å². The molecule has 1 aliphatic carbocycles. The summed E-state index contributed by atoms with van der Waals surface area (Å²) >= 11 is 0. The van der Waals surface area contributed by atoms with Crippen molar-refractivity contribution in [3.8, 4) is 0 Å². The van der Waals surface area contributed by atoms with Crippen LogP contribution in [-0.4, -0.2) is 26.5 Å². The summed E-state index contributed by atoms with van der Waals surface area (Å²) in [7, 11) is -4.07. The number of hydrogen-bond acceptors (Lipinski definition) is 6. The minimum absolute atomic E-state index is 0.0602. The van der Waals surface area contributed by atoms with Crippen LogP contribution in [0.1, 0.15) is 71.8 Å². The number of rotatable bonds is 10. The Bertz CT molecular complexity index is 911. The van der Waals surface area contributed by atoms with Crippen molar-refractivity contribution in [2.24, 2.45) is 10.6 Å². The summed E-state index contributed by atoms with van der Waals surface area (Å²) in [6, 6.07) is 6.46.